The van der Waals surface area contributed by atoms with E-state index < -0.39 is 0 Å². The molecule has 1 aliphatic rings. The number of amides is 1. The van der Waals surface area contributed by atoms with Gasteiger partial charge in [0, 0.05) is 12.1 Å². The van der Waals surface area contributed by atoms with Gasteiger partial charge in [0.05, 0.1) is 0 Å². The quantitative estimate of drug-likeness (QED) is 0.600. The van der Waals surface area contributed by atoms with E-state index in [4.69, 9.17) is 11.6 Å². The second-order valence-electron chi connectivity index (χ2n) is 3.99. The topological polar surface area (TPSA) is 20.3 Å². The number of halogens is 1. The van der Waals surface area contributed by atoms with Crippen LogP contribution in [0.4, 0.5) is 0 Å². The first-order chi connectivity index (χ1) is 6.04. The van der Waals surface area contributed by atoms with E-state index >= 15 is 0 Å². The molecule has 1 aliphatic heterocycles. The van der Waals surface area contributed by atoms with Crippen molar-refractivity contribution in [2.24, 2.45) is 0 Å². The van der Waals surface area contributed by atoms with E-state index in [2.05, 4.69) is 13.8 Å². The molecule has 1 saturated heterocycles. The number of likely N-dealkylation sites (tertiary alicyclic amines) is 1. The molecule has 1 heterocycles. The van der Waals surface area contributed by atoms with Crippen LogP contribution < -0.4 is 0 Å². The predicted molar refractivity (Wildman–Crippen MR) is 54.9 cm³/mol. The van der Waals surface area contributed by atoms with Crippen molar-refractivity contribution < 1.29 is 4.79 Å². The van der Waals surface area contributed by atoms with Gasteiger partial charge in [-0.1, -0.05) is 0 Å². The van der Waals surface area contributed by atoms with Crippen LogP contribution in [-0.4, -0.2) is 28.3 Å². The lowest BCUT2D eigenvalue weighted by atomic mass is 9.97. The number of piperidine rings is 1. The average molecular weight is 204 g/mol. The second-order valence-corrected chi connectivity index (χ2v) is 4.65. The lowest BCUT2D eigenvalue weighted by Crippen LogP contribution is -2.49. The fourth-order valence-corrected chi connectivity index (χ4v) is 2.17. The Labute approximate surface area is 85.2 Å². The van der Waals surface area contributed by atoms with E-state index in [1.807, 2.05) is 4.90 Å². The molecule has 0 aromatic carbocycles. The molecule has 0 radical (unpaired) electrons. The van der Waals surface area contributed by atoms with Gasteiger partial charge < -0.3 is 4.90 Å². The minimum atomic E-state index is -0.386. The molecule has 0 aromatic heterocycles. The lowest BCUT2D eigenvalue weighted by Gasteiger charge is -2.39. The molecule has 13 heavy (non-hydrogen) atoms. The Balaban J connectivity index is 2.68. The van der Waals surface area contributed by atoms with Gasteiger partial charge in [0.25, 0.3) is 0 Å². The van der Waals surface area contributed by atoms with E-state index in [1.165, 1.54) is 6.42 Å². The summed E-state index contributed by atoms with van der Waals surface area (Å²) >= 11 is 5.80. The monoisotopic (exact) mass is 203 g/mol. The molecule has 2 nitrogen and oxygen atoms in total. The van der Waals surface area contributed by atoms with Crippen molar-refractivity contribution in [3.63, 3.8) is 0 Å². The van der Waals surface area contributed by atoms with E-state index in [1.54, 1.807) is 6.92 Å². The fourth-order valence-electron chi connectivity index (χ4n) is 2.06. The highest BCUT2D eigenvalue weighted by Gasteiger charge is 2.30. The van der Waals surface area contributed by atoms with Crippen molar-refractivity contribution in [3.8, 4) is 0 Å². The predicted octanol–water partition coefficient (Wildman–Crippen LogP) is 2.40. The third-order valence-electron chi connectivity index (χ3n) is 2.79. The molecule has 1 unspecified atom stereocenters. The number of rotatable bonds is 1. The van der Waals surface area contributed by atoms with Crippen molar-refractivity contribution >= 4 is 17.5 Å². The second kappa shape index (κ2) is 4.32. The molecule has 0 bridgehead atoms. The summed E-state index contributed by atoms with van der Waals surface area (Å²) in [6.45, 7) is 5.96. The lowest BCUT2D eigenvalue weighted by molar-refractivity contribution is -0.136. The Morgan fingerprint density at radius 2 is 1.85 bits per heavy atom. The summed E-state index contributed by atoms with van der Waals surface area (Å²) in [5, 5.41) is -0.386. The Kier molecular flexibility index (Phi) is 3.60. The normalized spacial score (nSPS) is 31.5. The smallest absolute Gasteiger partial charge is 0.240 e. The summed E-state index contributed by atoms with van der Waals surface area (Å²) in [5.74, 6) is 0.0846. The molecule has 3 atom stereocenters. The molecule has 1 amide bonds. The molecule has 0 saturated carbocycles. The van der Waals surface area contributed by atoms with Crippen LogP contribution in [0.25, 0.3) is 0 Å². The number of alkyl halides is 1. The molecule has 0 N–H and O–H groups in total. The van der Waals surface area contributed by atoms with Crippen LogP contribution in [0.15, 0.2) is 0 Å². The van der Waals surface area contributed by atoms with Crippen LogP contribution in [0.3, 0.4) is 0 Å². The Hall–Kier alpha value is -0.240. The molecule has 0 aromatic rings. The molecular formula is C10H18ClNO. The maximum absolute atomic E-state index is 11.7. The Morgan fingerprint density at radius 3 is 2.23 bits per heavy atom. The third kappa shape index (κ3) is 2.37. The van der Waals surface area contributed by atoms with E-state index in [0.717, 1.165) is 12.8 Å². The van der Waals surface area contributed by atoms with Crippen molar-refractivity contribution in [1.29, 1.82) is 0 Å². The highest BCUT2D eigenvalue weighted by atomic mass is 35.5. The first-order valence-electron chi connectivity index (χ1n) is 5.00. The molecule has 1 fully saturated rings. The summed E-state index contributed by atoms with van der Waals surface area (Å²) < 4.78 is 0. The van der Waals surface area contributed by atoms with Crippen LogP contribution in [0.1, 0.15) is 40.0 Å². The zero-order valence-electron chi connectivity index (χ0n) is 8.59. The molecule has 76 valence electrons. The maximum Gasteiger partial charge on any atom is 0.240 e. The molecule has 0 aliphatic carbocycles. The summed E-state index contributed by atoms with van der Waals surface area (Å²) in [6, 6.07) is 0.717. The van der Waals surface area contributed by atoms with Gasteiger partial charge >= 0.3 is 0 Å². The third-order valence-corrected chi connectivity index (χ3v) is 2.97. The first-order valence-corrected chi connectivity index (χ1v) is 5.44. The van der Waals surface area contributed by atoms with Crippen LogP contribution in [0.2, 0.25) is 0 Å². The number of hydrogen-bond donors (Lipinski definition) is 0. The zero-order chi connectivity index (χ0) is 10.0. The van der Waals surface area contributed by atoms with E-state index in [9.17, 15) is 4.79 Å². The standard InChI is InChI=1S/C10H18ClNO/c1-7-5-4-6-8(2)12(7)10(13)9(3)11/h7-9H,4-6H2,1-3H3/t7-,8+,9?. The summed E-state index contributed by atoms with van der Waals surface area (Å²) in [5.41, 5.74) is 0. The number of carbonyl (C=O) groups is 1. The van der Waals surface area contributed by atoms with Crippen molar-refractivity contribution in [2.75, 3.05) is 0 Å². The highest BCUT2D eigenvalue weighted by Crippen LogP contribution is 2.23. The zero-order valence-corrected chi connectivity index (χ0v) is 9.34. The van der Waals surface area contributed by atoms with Gasteiger partial charge in [-0.25, -0.2) is 0 Å². The molecule has 3 heteroatoms. The van der Waals surface area contributed by atoms with Crippen molar-refractivity contribution in [1.82, 2.24) is 4.90 Å². The molecule has 1 rings (SSSR count). The van der Waals surface area contributed by atoms with Gasteiger partial charge in [0.1, 0.15) is 5.38 Å². The minimum Gasteiger partial charge on any atom is -0.336 e. The highest BCUT2D eigenvalue weighted by molar-refractivity contribution is 6.30. The first kappa shape index (κ1) is 10.8. The van der Waals surface area contributed by atoms with Crippen molar-refractivity contribution in [3.05, 3.63) is 0 Å². The average Bonchev–Trinajstić information content (AvgIpc) is 2.03. The summed E-state index contributed by atoms with van der Waals surface area (Å²) in [4.78, 5) is 13.7. The van der Waals surface area contributed by atoms with Gasteiger partial charge in [-0.05, 0) is 40.0 Å². The van der Waals surface area contributed by atoms with E-state index in [-0.39, 0.29) is 11.3 Å². The van der Waals surface area contributed by atoms with Crippen LogP contribution in [-0.2, 0) is 4.79 Å². The number of carbonyl (C=O) groups excluding carboxylic acids is 1. The summed E-state index contributed by atoms with van der Waals surface area (Å²) in [6.07, 6.45) is 3.45. The van der Waals surface area contributed by atoms with Gasteiger partial charge in [-0.2, -0.15) is 0 Å². The van der Waals surface area contributed by atoms with Gasteiger partial charge in [-0.15, -0.1) is 11.6 Å². The minimum absolute atomic E-state index is 0.0846. The van der Waals surface area contributed by atoms with Crippen molar-refractivity contribution in [2.45, 2.75) is 57.5 Å². The van der Waals surface area contributed by atoms with Gasteiger partial charge in [-0.3, -0.25) is 4.79 Å². The van der Waals surface area contributed by atoms with Gasteiger partial charge in [0.15, 0.2) is 0 Å². The summed E-state index contributed by atoms with van der Waals surface area (Å²) in [7, 11) is 0. The molecule has 0 spiro atoms. The Morgan fingerprint density at radius 1 is 1.38 bits per heavy atom. The van der Waals surface area contributed by atoms with E-state index in [0.29, 0.717) is 12.1 Å². The van der Waals surface area contributed by atoms with Gasteiger partial charge in [0.2, 0.25) is 5.91 Å². The van der Waals surface area contributed by atoms with Crippen LogP contribution in [0.5, 0.6) is 0 Å². The fraction of sp³-hybridized carbons (Fsp3) is 0.900. The number of hydrogen-bond acceptors (Lipinski definition) is 1. The largest absolute Gasteiger partial charge is 0.336 e. The van der Waals surface area contributed by atoms with Crippen LogP contribution >= 0.6 is 11.6 Å². The molecular weight excluding hydrogens is 186 g/mol. The van der Waals surface area contributed by atoms with Crippen LogP contribution in [0, 0.1) is 0 Å². The number of nitrogens with zero attached hydrogens (tertiary/aromatic N) is 1. The SMILES string of the molecule is CC(Cl)C(=O)N1[C@H](C)CCC[C@@H]1C. The Bertz CT molecular complexity index is 183. The maximum atomic E-state index is 11.7.